The Morgan fingerprint density at radius 2 is 1.55 bits per heavy atom. The Bertz CT molecular complexity index is 692. The van der Waals surface area contributed by atoms with Crippen LogP contribution in [-0.4, -0.2) is 30.0 Å². The van der Waals surface area contributed by atoms with Crippen LogP contribution in [0.5, 0.6) is 11.5 Å². The lowest BCUT2D eigenvalue weighted by atomic mass is 10.0. The van der Waals surface area contributed by atoms with Gasteiger partial charge in [-0.15, -0.1) is 0 Å². The fraction of sp³-hybridized carbons (Fsp3) is 0.235. The second kappa shape index (κ2) is 7.22. The Morgan fingerprint density at radius 1 is 0.955 bits per heavy atom. The molecule has 0 saturated carbocycles. The van der Waals surface area contributed by atoms with E-state index in [0.717, 1.165) is 4.90 Å². The first-order valence-corrected chi connectivity index (χ1v) is 8.17. The van der Waals surface area contributed by atoms with Gasteiger partial charge in [-0.3, -0.25) is 9.00 Å². The lowest BCUT2D eigenvalue weighted by Crippen LogP contribution is -2.03. The van der Waals surface area contributed by atoms with Crippen LogP contribution < -0.4 is 9.47 Å². The van der Waals surface area contributed by atoms with E-state index in [0.29, 0.717) is 28.4 Å². The van der Waals surface area contributed by atoms with Gasteiger partial charge in [0.05, 0.1) is 25.0 Å². The standard InChI is InChI=1S/C17H18O4S/c1-4-22(19)14-8-5-12(6-9-14)17(18)13-7-10-15(20-2)16(11-13)21-3/h5-11H,4H2,1-3H3. The van der Waals surface area contributed by atoms with Crippen molar-refractivity contribution in [3.63, 3.8) is 0 Å². The van der Waals surface area contributed by atoms with Crippen molar-refractivity contribution in [2.45, 2.75) is 11.8 Å². The summed E-state index contributed by atoms with van der Waals surface area (Å²) < 4.78 is 22.1. The summed E-state index contributed by atoms with van der Waals surface area (Å²) in [6.07, 6.45) is 0. The fourth-order valence-corrected chi connectivity index (χ4v) is 2.84. The molecule has 0 radical (unpaired) electrons. The Labute approximate surface area is 132 Å². The normalized spacial score (nSPS) is 11.8. The summed E-state index contributed by atoms with van der Waals surface area (Å²) >= 11 is 0. The second-order valence-electron chi connectivity index (χ2n) is 4.56. The Balaban J connectivity index is 2.30. The Kier molecular flexibility index (Phi) is 5.33. The van der Waals surface area contributed by atoms with Crippen molar-refractivity contribution < 1.29 is 18.5 Å². The summed E-state index contributed by atoms with van der Waals surface area (Å²) in [5.74, 6) is 1.53. The third-order valence-corrected chi connectivity index (χ3v) is 4.61. The zero-order valence-corrected chi connectivity index (χ0v) is 13.6. The highest BCUT2D eigenvalue weighted by molar-refractivity contribution is 7.85. The number of benzene rings is 2. The van der Waals surface area contributed by atoms with E-state index in [4.69, 9.17) is 9.47 Å². The van der Waals surface area contributed by atoms with E-state index in [1.165, 1.54) is 7.11 Å². The molecule has 2 aromatic rings. The quantitative estimate of drug-likeness (QED) is 0.768. The lowest BCUT2D eigenvalue weighted by Gasteiger charge is -2.09. The summed E-state index contributed by atoms with van der Waals surface area (Å²) in [6, 6.07) is 11.9. The maximum Gasteiger partial charge on any atom is 0.193 e. The van der Waals surface area contributed by atoms with Crippen LogP contribution in [0.2, 0.25) is 0 Å². The van der Waals surface area contributed by atoms with E-state index >= 15 is 0 Å². The zero-order valence-electron chi connectivity index (χ0n) is 12.8. The minimum atomic E-state index is -1.01. The highest BCUT2D eigenvalue weighted by Gasteiger charge is 2.13. The van der Waals surface area contributed by atoms with Gasteiger partial charge in [-0.1, -0.05) is 6.92 Å². The van der Waals surface area contributed by atoms with Crippen molar-refractivity contribution in [2.75, 3.05) is 20.0 Å². The van der Waals surface area contributed by atoms with Crippen molar-refractivity contribution in [1.29, 1.82) is 0 Å². The highest BCUT2D eigenvalue weighted by Crippen LogP contribution is 2.28. The van der Waals surface area contributed by atoms with E-state index in [1.54, 1.807) is 49.6 Å². The summed E-state index contributed by atoms with van der Waals surface area (Å²) in [5.41, 5.74) is 1.06. The van der Waals surface area contributed by atoms with Gasteiger partial charge in [0.25, 0.3) is 0 Å². The van der Waals surface area contributed by atoms with Crippen molar-refractivity contribution in [2.24, 2.45) is 0 Å². The topological polar surface area (TPSA) is 52.6 Å². The van der Waals surface area contributed by atoms with Gasteiger partial charge in [0.2, 0.25) is 0 Å². The molecule has 116 valence electrons. The smallest absolute Gasteiger partial charge is 0.193 e. The molecule has 2 aromatic carbocycles. The molecule has 0 bridgehead atoms. The van der Waals surface area contributed by atoms with Gasteiger partial charge in [-0.05, 0) is 42.5 Å². The third-order valence-electron chi connectivity index (χ3n) is 3.29. The van der Waals surface area contributed by atoms with Crippen LogP contribution in [0.4, 0.5) is 0 Å². The van der Waals surface area contributed by atoms with Gasteiger partial charge in [-0.25, -0.2) is 0 Å². The van der Waals surface area contributed by atoms with Crippen LogP contribution in [0, 0.1) is 0 Å². The molecule has 0 amide bonds. The molecule has 1 unspecified atom stereocenters. The van der Waals surface area contributed by atoms with E-state index in [2.05, 4.69) is 0 Å². The number of ketones is 1. The van der Waals surface area contributed by atoms with Crippen LogP contribution in [-0.2, 0) is 10.8 Å². The van der Waals surface area contributed by atoms with Gasteiger partial charge in [0.15, 0.2) is 17.3 Å². The first-order valence-electron chi connectivity index (χ1n) is 6.85. The van der Waals surface area contributed by atoms with Crippen LogP contribution in [0.1, 0.15) is 22.8 Å². The molecule has 0 aliphatic rings. The van der Waals surface area contributed by atoms with E-state index in [-0.39, 0.29) is 5.78 Å². The van der Waals surface area contributed by atoms with Crippen molar-refractivity contribution in [1.82, 2.24) is 0 Å². The summed E-state index contributed by atoms with van der Waals surface area (Å²) in [7, 11) is 2.06. The number of carbonyl (C=O) groups excluding carboxylic acids is 1. The predicted octanol–water partition coefficient (Wildman–Crippen LogP) is 3.06. The molecule has 0 N–H and O–H groups in total. The second-order valence-corrected chi connectivity index (χ2v) is 6.30. The third kappa shape index (κ3) is 3.36. The van der Waals surface area contributed by atoms with Crippen molar-refractivity contribution in [3.8, 4) is 11.5 Å². The number of rotatable bonds is 6. The van der Waals surface area contributed by atoms with Gasteiger partial charge in [0.1, 0.15) is 0 Å². The minimum Gasteiger partial charge on any atom is -0.493 e. The van der Waals surface area contributed by atoms with Crippen LogP contribution >= 0.6 is 0 Å². The average Bonchev–Trinajstić information content (AvgIpc) is 2.59. The highest BCUT2D eigenvalue weighted by atomic mass is 32.2. The van der Waals surface area contributed by atoms with Gasteiger partial charge in [0, 0.05) is 21.8 Å². The largest absolute Gasteiger partial charge is 0.493 e. The fourth-order valence-electron chi connectivity index (χ4n) is 2.07. The number of methoxy groups -OCH3 is 2. The van der Waals surface area contributed by atoms with E-state index in [9.17, 15) is 9.00 Å². The molecule has 0 saturated heterocycles. The summed E-state index contributed by atoms with van der Waals surface area (Å²) in [4.78, 5) is 13.2. The summed E-state index contributed by atoms with van der Waals surface area (Å²) in [5, 5.41) is 0. The molecule has 22 heavy (non-hydrogen) atoms. The summed E-state index contributed by atoms with van der Waals surface area (Å²) in [6.45, 7) is 1.86. The number of carbonyl (C=O) groups is 1. The number of hydrogen-bond acceptors (Lipinski definition) is 4. The van der Waals surface area contributed by atoms with Gasteiger partial charge < -0.3 is 9.47 Å². The Hall–Kier alpha value is -2.14. The lowest BCUT2D eigenvalue weighted by molar-refractivity contribution is 0.103. The monoisotopic (exact) mass is 318 g/mol. The molecule has 4 nitrogen and oxygen atoms in total. The molecular weight excluding hydrogens is 300 g/mol. The molecule has 5 heteroatoms. The van der Waals surface area contributed by atoms with Crippen LogP contribution in [0.25, 0.3) is 0 Å². The van der Waals surface area contributed by atoms with Crippen molar-refractivity contribution >= 4 is 16.6 Å². The first kappa shape index (κ1) is 16.2. The van der Waals surface area contributed by atoms with Crippen LogP contribution in [0.3, 0.4) is 0 Å². The Morgan fingerprint density at radius 3 is 2.09 bits per heavy atom. The molecule has 0 heterocycles. The average molecular weight is 318 g/mol. The predicted molar refractivity (Wildman–Crippen MR) is 86.4 cm³/mol. The molecule has 0 aliphatic heterocycles. The van der Waals surface area contributed by atoms with Crippen molar-refractivity contribution in [3.05, 3.63) is 53.6 Å². The van der Waals surface area contributed by atoms with E-state index in [1.807, 2.05) is 6.92 Å². The SMILES string of the molecule is CCS(=O)c1ccc(C(=O)c2ccc(OC)c(OC)c2)cc1. The number of hydrogen-bond donors (Lipinski definition) is 0. The molecule has 0 aliphatic carbocycles. The van der Waals surface area contributed by atoms with Gasteiger partial charge in [-0.2, -0.15) is 0 Å². The van der Waals surface area contributed by atoms with E-state index < -0.39 is 10.8 Å². The first-order chi connectivity index (χ1) is 10.6. The minimum absolute atomic E-state index is 0.116. The maximum absolute atomic E-state index is 12.5. The van der Waals surface area contributed by atoms with Crippen LogP contribution in [0.15, 0.2) is 47.4 Å². The molecule has 0 spiro atoms. The molecule has 0 aromatic heterocycles. The molecule has 1 atom stereocenters. The molecule has 0 fully saturated rings. The maximum atomic E-state index is 12.5. The molecular formula is C17H18O4S. The zero-order chi connectivity index (χ0) is 16.1. The number of ether oxygens (including phenoxy) is 2. The molecule has 2 rings (SSSR count). The van der Waals surface area contributed by atoms with Gasteiger partial charge >= 0.3 is 0 Å².